The van der Waals surface area contributed by atoms with Crippen LogP contribution in [-0.2, 0) is 0 Å². The number of pyridine rings is 3. The van der Waals surface area contributed by atoms with Gasteiger partial charge in [-0.05, 0) is 85.6 Å². The first-order valence-corrected chi connectivity index (χ1v) is 18.0. The van der Waals surface area contributed by atoms with Gasteiger partial charge in [0.1, 0.15) is 11.5 Å². The minimum atomic E-state index is 0.664. The molecule has 0 unspecified atom stereocenters. The van der Waals surface area contributed by atoms with Gasteiger partial charge in [-0.2, -0.15) is 0 Å². The average molecular weight is 682 g/mol. The molecule has 258 valence electrons. The van der Waals surface area contributed by atoms with Gasteiger partial charge >= 0.3 is 0 Å². The zero-order valence-electron chi connectivity index (χ0n) is 30.0. The first-order valence-electron chi connectivity index (χ1n) is 18.0. The highest BCUT2D eigenvalue weighted by Gasteiger charge is 2.07. The van der Waals surface area contributed by atoms with E-state index in [4.69, 9.17) is 27.3 Å². The second kappa shape index (κ2) is 19.8. The molecule has 0 aliphatic heterocycles. The summed E-state index contributed by atoms with van der Waals surface area (Å²) in [5.41, 5.74) is 7.59. The SMILES string of the molecule is C#Cc1cc(C#Cc2ccc(-c3cccc(-c4ccc(C#Cc5cc(C#C)cc(OCCCCCC)c5)cn4)n3)nc2)cc(OCCCCCC)c1. The number of ether oxygens (including phenoxy) is 2. The van der Waals surface area contributed by atoms with Crippen LogP contribution in [0.4, 0.5) is 0 Å². The fourth-order valence-corrected chi connectivity index (χ4v) is 5.36. The topological polar surface area (TPSA) is 57.1 Å². The molecule has 0 saturated heterocycles. The molecule has 5 nitrogen and oxygen atoms in total. The van der Waals surface area contributed by atoms with Crippen molar-refractivity contribution in [3.63, 3.8) is 0 Å². The van der Waals surface area contributed by atoms with Crippen LogP contribution < -0.4 is 9.47 Å². The summed E-state index contributed by atoms with van der Waals surface area (Å²) in [7, 11) is 0. The van der Waals surface area contributed by atoms with E-state index in [9.17, 15) is 0 Å². The molecule has 0 aliphatic rings. The van der Waals surface area contributed by atoms with Crippen molar-refractivity contribution in [1.29, 1.82) is 0 Å². The molecule has 2 aromatic carbocycles. The average Bonchev–Trinajstić information content (AvgIpc) is 3.19. The largest absolute Gasteiger partial charge is 0.494 e. The molecule has 0 spiro atoms. The van der Waals surface area contributed by atoms with E-state index >= 15 is 0 Å². The minimum Gasteiger partial charge on any atom is -0.494 e. The number of rotatable bonds is 14. The van der Waals surface area contributed by atoms with E-state index < -0.39 is 0 Å². The van der Waals surface area contributed by atoms with Crippen molar-refractivity contribution in [2.75, 3.05) is 13.2 Å². The van der Waals surface area contributed by atoms with Crippen LogP contribution in [0.15, 0.2) is 91.3 Å². The summed E-state index contributed by atoms with van der Waals surface area (Å²) in [6, 6.07) is 24.9. The Hall–Kier alpha value is -6.27. The van der Waals surface area contributed by atoms with Crippen molar-refractivity contribution in [3.05, 3.63) is 125 Å². The van der Waals surface area contributed by atoms with Crippen LogP contribution in [0.3, 0.4) is 0 Å². The molecule has 0 amide bonds. The molecule has 0 fully saturated rings. The Balaban J connectivity index is 1.23. The maximum atomic E-state index is 5.95. The minimum absolute atomic E-state index is 0.664. The van der Waals surface area contributed by atoms with Gasteiger partial charge in [0, 0.05) is 45.8 Å². The van der Waals surface area contributed by atoms with Crippen molar-refractivity contribution < 1.29 is 9.47 Å². The third kappa shape index (κ3) is 11.4. The molecule has 52 heavy (non-hydrogen) atoms. The Morgan fingerprint density at radius 3 is 1.33 bits per heavy atom. The van der Waals surface area contributed by atoms with Crippen molar-refractivity contribution in [2.45, 2.75) is 65.2 Å². The van der Waals surface area contributed by atoms with E-state index in [-0.39, 0.29) is 0 Å². The fraction of sp³-hybridized carbons (Fsp3) is 0.255. The zero-order valence-corrected chi connectivity index (χ0v) is 30.0. The summed E-state index contributed by atoms with van der Waals surface area (Å²) in [5, 5.41) is 0. The summed E-state index contributed by atoms with van der Waals surface area (Å²) in [6.07, 6.45) is 24.0. The predicted octanol–water partition coefficient (Wildman–Crippen LogP) is 9.89. The number of benzene rings is 2. The molecule has 0 aliphatic carbocycles. The summed E-state index contributed by atoms with van der Waals surface area (Å²) in [4.78, 5) is 14.1. The predicted molar refractivity (Wildman–Crippen MR) is 211 cm³/mol. The summed E-state index contributed by atoms with van der Waals surface area (Å²) in [6.45, 7) is 5.72. The van der Waals surface area contributed by atoms with Crippen molar-refractivity contribution >= 4 is 0 Å². The number of unbranched alkanes of at least 4 members (excludes halogenated alkanes) is 6. The van der Waals surface area contributed by atoms with Crippen LogP contribution in [0.1, 0.15) is 98.6 Å². The van der Waals surface area contributed by atoms with E-state index in [1.807, 2.05) is 78.9 Å². The molecule has 3 aromatic heterocycles. The Morgan fingerprint density at radius 2 is 0.923 bits per heavy atom. The molecule has 0 radical (unpaired) electrons. The highest BCUT2D eigenvalue weighted by Crippen LogP contribution is 2.22. The smallest absolute Gasteiger partial charge is 0.121 e. The van der Waals surface area contributed by atoms with Gasteiger partial charge in [0.15, 0.2) is 0 Å². The highest BCUT2D eigenvalue weighted by molar-refractivity contribution is 5.63. The van der Waals surface area contributed by atoms with Crippen molar-refractivity contribution in [1.82, 2.24) is 15.0 Å². The van der Waals surface area contributed by atoms with Crippen LogP contribution >= 0.6 is 0 Å². The fourth-order valence-electron chi connectivity index (χ4n) is 5.36. The lowest BCUT2D eigenvalue weighted by molar-refractivity contribution is 0.305. The molecule has 5 aromatic rings. The number of hydrogen-bond donors (Lipinski definition) is 0. The lowest BCUT2D eigenvalue weighted by Crippen LogP contribution is -1.98. The van der Waals surface area contributed by atoms with E-state index in [0.717, 1.165) is 93.3 Å². The third-order valence-electron chi connectivity index (χ3n) is 8.18. The molecular weight excluding hydrogens is 639 g/mol. The van der Waals surface area contributed by atoms with Gasteiger partial charge < -0.3 is 9.47 Å². The van der Waals surface area contributed by atoms with Gasteiger partial charge in [0.25, 0.3) is 0 Å². The number of aromatic nitrogens is 3. The maximum Gasteiger partial charge on any atom is 0.121 e. The Labute approximate surface area is 309 Å². The molecule has 0 atom stereocenters. The Bertz CT molecular complexity index is 2000. The molecular formula is C47H43N3O2. The van der Waals surface area contributed by atoms with E-state index in [0.29, 0.717) is 13.2 Å². The first kappa shape index (κ1) is 37.0. The molecule has 0 saturated carbocycles. The maximum absolute atomic E-state index is 5.95. The summed E-state index contributed by atoms with van der Waals surface area (Å²) < 4.78 is 11.9. The molecule has 0 N–H and O–H groups in total. The van der Waals surface area contributed by atoms with Gasteiger partial charge in [-0.1, -0.05) is 94.0 Å². The van der Waals surface area contributed by atoms with Crippen molar-refractivity contribution in [3.8, 4) is 82.6 Å². The molecule has 0 bridgehead atoms. The Morgan fingerprint density at radius 1 is 0.481 bits per heavy atom. The lowest BCUT2D eigenvalue weighted by atomic mass is 10.1. The van der Waals surface area contributed by atoms with Crippen LogP contribution in [0, 0.1) is 48.4 Å². The van der Waals surface area contributed by atoms with Gasteiger partial charge in [-0.15, -0.1) is 12.8 Å². The first-order chi connectivity index (χ1) is 25.6. The molecule has 5 heteroatoms. The van der Waals surface area contributed by atoms with E-state index in [1.54, 1.807) is 12.4 Å². The van der Waals surface area contributed by atoms with Crippen LogP contribution in [0.25, 0.3) is 22.8 Å². The normalized spacial score (nSPS) is 10.2. The number of nitrogens with zero attached hydrogens (tertiary/aromatic N) is 3. The molecule has 5 rings (SSSR count). The Kier molecular flexibility index (Phi) is 14.1. The van der Waals surface area contributed by atoms with E-state index in [1.165, 1.54) is 25.7 Å². The van der Waals surface area contributed by atoms with Crippen LogP contribution in [0.5, 0.6) is 11.5 Å². The number of hydrogen-bond acceptors (Lipinski definition) is 5. The van der Waals surface area contributed by atoms with Gasteiger partial charge in [-0.3, -0.25) is 9.97 Å². The van der Waals surface area contributed by atoms with Gasteiger partial charge in [0.05, 0.1) is 36.0 Å². The van der Waals surface area contributed by atoms with E-state index in [2.05, 4.69) is 59.3 Å². The second-order valence-electron chi connectivity index (χ2n) is 12.4. The molecule has 3 heterocycles. The third-order valence-corrected chi connectivity index (χ3v) is 8.18. The van der Waals surface area contributed by atoms with Crippen LogP contribution in [0.2, 0.25) is 0 Å². The van der Waals surface area contributed by atoms with Crippen LogP contribution in [-0.4, -0.2) is 28.2 Å². The zero-order chi connectivity index (χ0) is 36.4. The highest BCUT2D eigenvalue weighted by atomic mass is 16.5. The quantitative estimate of drug-likeness (QED) is 0.0863. The van der Waals surface area contributed by atoms with Gasteiger partial charge in [0.2, 0.25) is 0 Å². The van der Waals surface area contributed by atoms with Crippen molar-refractivity contribution in [2.24, 2.45) is 0 Å². The monoisotopic (exact) mass is 681 g/mol. The summed E-state index contributed by atoms with van der Waals surface area (Å²) in [5.74, 6) is 19.7. The number of terminal acetylenes is 2. The van der Waals surface area contributed by atoms with Gasteiger partial charge in [-0.25, -0.2) is 4.98 Å². The summed E-state index contributed by atoms with van der Waals surface area (Å²) >= 11 is 0. The lowest BCUT2D eigenvalue weighted by Gasteiger charge is -2.07. The standard InChI is InChI=1S/C47H43N3O2/c1-5-9-11-13-26-51-42-30-36(7-3)28-40(32-42)20-18-38-22-24-44(48-34-38)46-16-15-17-47(50-46)45-25-23-39(35-49-45)19-21-41-29-37(8-4)31-43(33-41)52-27-14-12-10-6-2/h3-4,15-17,22-25,28-35H,5-6,9-14,26-27H2,1-2H3. The second-order valence-corrected chi connectivity index (χ2v) is 12.4.